The van der Waals surface area contributed by atoms with Crippen LogP contribution in [0.3, 0.4) is 0 Å². The van der Waals surface area contributed by atoms with E-state index in [1.54, 1.807) is 55.1 Å². The van der Waals surface area contributed by atoms with Crippen LogP contribution in [-0.2, 0) is 10.0 Å². The first-order valence-electron chi connectivity index (χ1n) is 8.70. The van der Waals surface area contributed by atoms with Gasteiger partial charge in [-0.3, -0.25) is 9.52 Å². The molecule has 0 atom stereocenters. The average Bonchev–Trinajstić information content (AvgIpc) is 2.60. The van der Waals surface area contributed by atoms with Gasteiger partial charge in [-0.05, 0) is 36.8 Å². The summed E-state index contributed by atoms with van der Waals surface area (Å²) >= 11 is 1.78. The fraction of sp³-hybridized carbons (Fsp3) is 0.350. The molecule has 2 N–H and O–H groups in total. The molecule has 1 amide bonds. The molecule has 0 saturated heterocycles. The van der Waals surface area contributed by atoms with Crippen molar-refractivity contribution in [3.8, 4) is 0 Å². The summed E-state index contributed by atoms with van der Waals surface area (Å²) in [4.78, 5) is 12.7. The zero-order chi connectivity index (χ0) is 20.1. The number of thioether (sulfide) groups is 1. The van der Waals surface area contributed by atoms with Crippen molar-refractivity contribution >= 4 is 33.4 Å². The number of benzene rings is 2. The van der Waals surface area contributed by atoms with Crippen LogP contribution in [-0.4, -0.2) is 31.4 Å². The first-order valence-corrected chi connectivity index (χ1v) is 11.2. The molecule has 5 nitrogen and oxygen atoms in total. The molecule has 0 saturated carbocycles. The van der Waals surface area contributed by atoms with E-state index in [2.05, 4.69) is 30.8 Å². The van der Waals surface area contributed by atoms with Gasteiger partial charge in [-0.1, -0.05) is 45.0 Å². The van der Waals surface area contributed by atoms with Crippen LogP contribution in [0.15, 0.2) is 53.4 Å². The monoisotopic (exact) mass is 406 g/mol. The van der Waals surface area contributed by atoms with Crippen molar-refractivity contribution in [3.63, 3.8) is 0 Å². The lowest BCUT2D eigenvalue weighted by molar-refractivity contribution is 0.0955. The molecule has 0 aromatic heterocycles. The van der Waals surface area contributed by atoms with E-state index in [1.807, 2.05) is 0 Å². The number of hydrogen-bond acceptors (Lipinski definition) is 4. The minimum Gasteiger partial charge on any atom is -0.351 e. The summed E-state index contributed by atoms with van der Waals surface area (Å²) in [6.07, 6.45) is 0. The van der Waals surface area contributed by atoms with Crippen LogP contribution in [0.5, 0.6) is 0 Å². The highest BCUT2D eigenvalue weighted by molar-refractivity contribution is 8.00. The fourth-order valence-corrected chi connectivity index (χ4v) is 4.37. The van der Waals surface area contributed by atoms with Crippen LogP contribution < -0.4 is 10.0 Å². The second kappa shape index (κ2) is 8.80. The lowest BCUT2D eigenvalue weighted by Crippen LogP contribution is -2.27. The van der Waals surface area contributed by atoms with Gasteiger partial charge in [0.15, 0.2) is 0 Å². The van der Waals surface area contributed by atoms with Crippen LogP contribution >= 0.6 is 11.8 Å². The number of sulfonamides is 1. The molecule has 146 valence electrons. The van der Waals surface area contributed by atoms with Crippen LogP contribution in [0.4, 0.5) is 5.69 Å². The molecule has 2 rings (SSSR count). The van der Waals surface area contributed by atoms with E-state index >= 15 is 0 Å². The predicted molar refractivity (Wildman–Crippen MR) is 113 cm³/mol. The predicted octanol–water partition coefficient (Wildman–Crippen LogP) is 4.06. The SMILES string of the molecule is Cc1c(NS(=O)(=O)c2ccccc2)cccc1C(=O)NCCSC(C)(C)C. The topological polar surface area (TPSA) is 75.3 Å². The van der Waals surface area contributed by atoms with Crippen molar-refractivity contribution in [2.45, 2.75) is 37.3 Å². The van der Waals surface area contributed by atoms with Gasteiger partial charge < -0.3 is 5.32 Å². The van der Waals surface area contributed by atoms with Crippen molar-refractivity contribution < 1.29 is 13.2 Å². The number of hydrogen-bond donors (Lipinski definition) is 2. The van der Waals surface area contributed by atoms with E-state index in [0.717, 1.165) is 5.75 Å². The Balaban J connectivity index is 2.10. The van der Waals surface area contributed by atoms with Gasteiger partial charge in [0.1, 0.15) is 0 Å². The smallest absolute Gasteiger partial charge is 0.261 e. The van der Waals surface area contributed by atoms with Gasteiger partial charge in [0.05, 0.1) is 10.6 Å². The summed E-state index contributed by atoms with van der Waals surface area (Å²) in [5.74, 6) is 0.608. The summed E-state index contributed by atoms with van der Waals surface area (Å²) in [5, 5.41) is 2.90. The molecule has 0 heterocycles. The molecule has 27 heavy (non-hydrogen) atoms. The summed E-state index contributed by atoms with van der Waals surface area (Å²) in [5.41, 5.74) is 1.46. The largest absolute Gasteiger partial charge is 0.351 e. The van der Waals surface area contributed by atoms with Crippen LogP contribution in [0.25, 0.3) is 0 Å². The van der Waals surface area contributed by atoms with E-state index in [4.69, 9.17) is 0 Å². The van der Waals surface area contributed by atoms with E-state index in [-0.39, 0.29) is 15.5 Å². The Hall–Kier alpha value is -1.99. The second-order valence-corrected chi connectivity index (χ2v) is 10.7. The van der Waals surface area contributed by atoms with Crippen molar-refractivity contribution in [2.75, 3.05) is 17.0 Å². The molecule has 7 heteroatoms. The molecule has 0 aliphatic carbocycles. The molecule has 2 aromatic rings. The zero-order valence-electron chi connectivity index (χ0n) is 16.1. The van der Waals surface area contributed by atoms with Crippen LogP contribution in [0.2, 0.25) is 0 Å². The number of rotatable bonds is 7. The van der Waals surface area contributed by atoms with Crippen LogP contribution in [0.1, 0.15) is 36.7 Å². The summed E-state index contributed by atoms with van der Waals surface area (Å²) < 4.78 is 27.8. The lowest BCUT2D eigenvalue weighted by Gasteiger charge is -2.18. The minimum absolute atomic E-state index is 0.149. The fourth-order valence-electron chi connectivity index (χ4n) is 2.41. The summed E-state index contributed by atoms with van der Waals surface area (Å²) in [6.45, 7) is 8.69. The van der Waals surface area contributed by atoms with E-state index in [0.29, 0.717) is 23.4 Å². The van der Waals surface area contributed by atoms with Gasteiger partial charge in [-0.15, -0.1) is 0 Å². The van der Waals surface area contributed by atoms with Crippen molar-refractivity contribution in [1.29, 1.82) is 0 Å². The van der Waals surface area contributed by atoms with Gasteiger partial charge in [-0.25, -0.2) is 8.42 Å². The molecule has 0 unspecified atom stereocenters. The third-order valence-electron chi connectivity index (χ3n) is 3.80. The Morgan fingerprint density at radius 1 is 1.04 bits per heavy atom. The minimum atomic E-state index is -3.70. The molecule has 0 fully saturated rings. The van der Waals surface area contributed by atoms with Crippen molar-refractivity contribution in [1.82, 2.24) is 5.32 Å². The third kappa shape index (κ3) is 6.29. The molecule has 0 bridgehead atoms. The summed E-state index contributed by atoms with van der Waals surface area (Å²) in [7, 11) is -3.70. The highest BCUT2D eigenvalue weighted by Gasteiger charge is 2.18. The molecule has 0 spiro atoms. The molecular formula is C20H26N2O3S2. The first-order chi connectivity index (χ1) is 12.6. The first kappa shape index (κ1) is 21.3. The standard InChI is InChI=1S/C20H26N2O3S2/c1-15-17(19(23)21-13-14-26-20(2,3)4)11-8-12-18(15)22-27(24,25)16-9-6-5-7-10-16/h5-12,22H,13-14H2,1-4H3,(H,21,23). The average molecular weight is 407 g/mol. The molecule has 2 aromatic carbocycles. The molecule has 0 aliphatic rings. The third-order valence-corrected chi connectivity index (χ3v) is 6.45. The quantitative estimate of drug-likeness (QED) is 0.680. The highest BCUT2D eigenvalue weighted by atomic mass is 32.2. The number of carbonyl (C=O) groups is 1. The van der Waals surface area contributed by atoms with Gasteiger partial charge in [0.2, 0.25) is 0 Å². The number of anilines is 1. The Bertz CT molecular complexity index is 889. The molecule has 0 aliphatic heterocycles. The maximum absolute atomic E-state index is 12.5. The number of nitrogens with one attached hydrogen (secondary N) is 2. The normalized spacial score (nSPS) is 11.9. The Kier molecular flexibility index (Phi) is 6.95. The van der Waals surface area contributed by atoms with Crippen molar-refractivity contribution in [3.05, 3.63) is 59.7 Å². The highest BCUT2D eigenvalue weighted by Crippen LogP contribution is 2.24. The number of amides is 1. The summed E-state index contributed by atoms with van der Waals surface area (Å²) in [6, 6.07) is 13.2. The second-order valence-electron chi connectivity index (χ2n) is 7.11. The number of carbonyl (C=O) groups excluding carboxylic acids is 1. The Morgan fingerprint density at radius 2 is 1.70 bits per heavy atom. The van der Waals surface area contributed by atoms with Gasteiger partial charge in [0.25, 0.3) is 15.9 Å². The Labute approximate surface area is 166 Å². The lowest BCUT2D eigenvalue weighted by atomic mass is 10.1. The maximum atomic E-state index is 12.5. The maximum Gasteiger partial charge on any atom is 0.261 e. The van der Waals surface area contributed by atoms with E-state index in [1.165, 1.54) is 12.1 Å². The Morgan fingerprint density at radius 3 is 2.33 bits per heavy atom. The van der Waals surface area contributed by atoms with Crippen LogP contribution in [0, 0.1) is 6.92 Å². The van der Waals surface area contributed by atoms with Gasteiger partial charge in [0, 0.05) is 22.6 Å². The zero-order valence-corrected chi connectivity index (χ0v) is 17.7. The van der Waals surface area contributed by atoms with E-state index in [9.17, 15) is 13.2 Å². The van der Waals surface area contributed by atoms with Gasteiger partial charge >= 0.3 is 0 Å². The van der Waals surface area contributed by atoms with Gasteiger partial charge in [-0.2, -0.15) is 11.8 Å². The van der Waals surface area contributed by atoms with Crippen molar-refractivity contribution in [2.24, 2.45) is 0 Å². The molecule has 0 radical (unpaired) electrons. The van der Waals surface area contributed by atoms with E-state index < -0.39 is 10.0 Å². The molecular weight excluding hydrogens is 380 g/mol.